The van der Waals surface area contributed by atoms with Crippen molar-refractivity contribution in [2.45, 2.75) is 31.8 Å². The molecule has 0 radical (unpaired) electrons. The molecule has 0 spiro atoms. The van der Waals surface area contributed by atoms with Gasteiger partial charge in [-0.2, -0.15) is 5.10 Å². The van der Waals surface area contributed by atoms with Gasteiger partial charge in [0.15, 0.2) is 0 Å². The lowest BCUT2D eigenvalue weighted by Gasteiger charge is -2.08. The maximum atomic E-state index is 12.5. The molecule has 3 aromatic rings. The largest absolute Gasteiger partial charge is 0.351 e. The Hall–Kier alpha value is -2.12. The lowest BCUT2D eigenvalue weighted by atomic mass is 10.2. The van der Waals surface area contributed by atoms with Gasteiger partial charge in [-0.25, -0.2) is 13.1 Å². The van der Waals surface area contributed by atoms with Crippen molar-refractivity contribution in [2.75, 3.05) is 0 Å². The summed E-state index contributed by atoms with van der Waals surface area (Å²) in [5, 5.41) is 5.23. The third-order valence-corrected chi connectivity index (χ3v) is 5.57. The number of aromatic nitrogens is 3. The Labute approximate surface area is 135 Å². The molecule has 122 valence electrons. The van der Waals surface area contributed by atoms with Crippen molar-refractivity contribution in [1.29, 1.82) is 0 Å². The van der Waals surface area contributed by atoms with Crippen LogP contribution in [0.1, 0.15) is 18.2 Å². The zero-order chi connectivity index (χ0) is 16.6. The summed E-state index contributed by atoms with van der Waals surface area (Å²) >= 11 is 0. The SMILES string of the molecule is CCn1ncc(S(=O)(=O)NCc2ccc3ccn(C)c3c2)c1C. The first-order valence-corrected chi connectivity index (χ1v) is 8.96. The molecule has 0 aliphatic heterocycles. The third-order valence-electron chi connectivity index (χ3n) is 4.07. The number of hydrogen-bond donors (Lipinski definition) is 1. The van der Waals surface area contributed by atoms with Crippen molar-refractivity contribution in [3.63, 3.8) is 0 Å². The van der Waals surface area contributed by atoms with Crippen LogP contribution in [-0.4, -0.2) is 22.8 Å². The first-order valence-electron chi connectivity index (χ1n) is 7.48. The number of benzene rings is 1. The van der Waals surface area contributed by atoms with Crippen molar-refractivity contribution < 1.29 is 8.42 Å². The minimum atomic E-state index is -3.57. The molecule has 0 bridgehead atoms. The van der Waals surface area contributed by atoms with Gasteiger partial charge in [0.05, 0.1) is 11.9 Å². The lowest BCUT2D eigenvalue weighted by Crippen LogP contribution is -2.23. The molecule has 3 rings (SSSR count). The van der Waals surface area contributed by atoms with E-state index in [9.17, 15) is 8.42 Å². The van der Waals surface area contributed by atoms with Crippen LogP contribution in [0, 0.1) is 6.92 Å². The number of hydrogen-bond acceptors (Lipinski definition) is 3. The van der Waals surface area contributed by atoms with E-state index in [1.54, 1.807) is 11.6 Å². The minimum absolute atomic E-state index is 0.235. The first kappa shape index (κ1) is 15.8. The summed E-state index contributed by atoms with van der Waals surface area (Å²) in [5.41, 5.74) is 2.65. The molecular formula is C16H20N4O2S. The van der Waals surface area contributed by atoms with Gasteiger partial charge in [0.2, 0.25) is 10.0 Å². The Morgan fingerprint density at radius 3 is 2.74 bits per heavy atom. The minimum Gasteiger partial charge on any atom is -0.351 e. The van der Waals surface area contributed by atoms with Crippen LogP contribution in [0.2, 0.25) is 0 Å². The van der Waals surface area contributed by atoms with Gasteiger partial charge in [0.25, 0.3) is 0 Å². The summed E-state index contributed by atoms with van der Waals surface area (Å²) in [6, 6.07) is 7.97. The highest BCUT2D eigenvalue weighted by Crippen LogP contribution is 2.18. The maximum absolute atomic E-state index is 12.5. The molecule has 0 amide bonds. The lowest BCUT2D eigenvalue weighted by molar-refractivity contribution is 0.579. The fourth-order valence-electron chi connectivity index (χ4n) is 2.69. The van der Waals surface area contributed by atoms with E-state index in [1.165, 1.54) is 6.20 Å². The molecular weight excluding hydrogens is 312 g/mol. The summed E-state index contributed by atoms with van der Waals surface area (Å²) in [7, 11) is -1.60. The van der Waals surface area contributed by atoms with E-state index in [1.807, 2.05) is 49.0 Å². The predicted molar refractivity (Wildman–Crippen MR) is 89.6 cm³/mol. The molecule has 0 saturated carbocycles. The van der Waals surface area contributed by atoms with Crippen molar-refractivity contribution >= 4 is 20.9 Å². The van der Waals surface area contributed by atoms with Crippen LogP contribution in [0.3, 0.4) is 0 Å². The quantitative estimate of drug-likeness (QED) is 0.778. The van der Waals surface area contributed by atoms with Crippen molar-refractivity contribution in [2.24, 2.45) is 7.05 Å². The van der Waals surface area contributed by atoms with Gasteiger partial charge in [0, 0.05) is 31.9 Å². The molecule has 7 heteroatoms. The van der Waals surface area contributed by atoms with Crippen LogP contribution in [0.4, 0.5) is 0 Å². The van der Waals surface area contributed by atoms with Crippen LogP contribution in [0.15, 0.2) is 41.6 Å². The number of nitrogens with one attached hydrogen (secondary N) is 1. The molecule has 1 N–H and O–H groups in total. The molecule has 0 atom stereocenters. The molecule has 1 aromatic carbocycles. The van der Waals surface area contributed by atoms with Gasteiger partial charge in [-0.1, -0.05) is 12.1 Å². The number of fused-ring (bicyclic) bond motifs is 1. The first-order chi connectivity index (χ1) is 10.9. The van der Waals surface area contributed by atoms with E-state index in [0.29, 0.717) is 12.2 Å². The van der Waals surface area contributed by atoms with Gasteiger partial charge in [0.1, 0.15) is 4.90 Å². The Morgan fingerprint density at radius 1 is 1.26 bits per heavy atom. The van der Waals surface area contributed by atoms with Crippen molar-refractivity contribution in [1.82, 2.24) is 19.1 Å². The fraction of sp³-hybridized carbons (Fsp3) is 0.312. The molecule has 2 heterocycles. The van der Waals surface area contributed by atoms with E-state index in [2.05, 4.69) is 9.82 Å². The molecule has 23 heavy (non-hydrogen) atoms. The smallest absolute Gasteiger partial charge is 0.244 e. The van der Waals surface area contributed by atoms with Crippen LogP contribution >= 0.6 is 0 Å². The Morgan fingerprint density at radius 2 is 2.04 bits per heavy atom. The van der Waals surface area contributed by atoms with E-state index >= 15 is 0 Å². The second-order valence-corrected chi connectivity index (χ2v) is 7.29. The second kappa shape index (κ2) is 5.82. The summed E-state index contributed by atoms with van der Waals surface area (Å²) in [6.07, 6.45) is 3.39. The number of sulfonamides is 1. The van der Waals surface area contributed by atoms with Gasteiger partial charge >= 0.3 is 0 Å². The van der Waals surface area contributed by atoms with E-state index in [4.69, 9.17) is 0 Å². The zero-order valence-corrected chi connectivity index (χ0v) is 14.3. The maximum Gasteiger partial charge on any atom is 0.244 e. The van der Waals surface area contributed by atoms with Crippen molar-refractivity contribution in [3.05, 3.63) is 47.9 Å². The highest BCUT2D eigenvalue weighted by Gasteiger charge is 2.20. The van der Waals surface area contributed by atoms with Crippen LogP contribution in [0.5, 0.6) is 0 Å². The highest BCUT2D eigenvalue weighted by molar-refractivity contribution is 7.89. The summed E-state index contributed by atoms with van der Waals surface area (Å²) in [6.45, 7) is 4.59. The number of rotatable bonds is 5. The molecule has 0 saturated heterocycles. The normalized spacial score (nSPS) is 12.1. The highest BCUT2D eigenvalue weighted by atomic mass is 32.2. The fourth-order valence-corrected chi connectivity index (χ4v) is 3.88. The molecule has 0 aliphatic carbocycles. The topological polar surface area (TPSA) is 68.9 Å². The van der Waals surface area contributed by atoms with Crippen LogP contribution in [0.25, 0.3) is 10.9 Å². The standard InChI is InChI=1S/C16H20N4O2S/c1-4-20-12(2)16(11-17-20)23(21,22)18-10-13-5-6-14-7-8-19(3)15(14)9-13/h5-9,11,18H,4,10H2,1-3H3. The zero-order valence-electron chi connectivity index (χ0n) is 13.4. The monoisotopic (exact) mass is 332 g/mol. The van der Waals surface area contributed by atoms with E-state index in [-0.39, 0.29) is 11.4 Å². The summed E-state index contributed by atoms with van der Waals surface area (Å²) in [4.78, 5) is 0.235. The van der Waals surface area contributed by atoms with Gasteiger partial charge in [-0.15, -0.1) is 0 Å². The van der Waals surface area contributed by atoms with Gasteiger partial charge in [-0.05, 0) is 36.9 Å². The van der Waals surface area contributed by atoms with Crippen molar-refractivity contribution in [3.8, 4) is 0 Å². The number of aryl methyl sites for hydroxylation is 2. The van der Waals surface area contributed by atoms with E-state index in [0.717, 1.165) is 16.5 Å². The average Bonchev–Trinajstić information content (AvgIpc) is 3.09. The van der Waals surface area contributed by atoms with Gasteiger partial charge < -0.3 is 4.57 Å². The molecule has 2 aromatic heterocycles. The van der Waals surface area contributed by atoms with Crippen LogP contribution < -0.4 is 4.72 Å². The van der Waals surface area contributed by atoms with Crippen LogP contribution in [-0.2, 0) is 30.2 Å². The van der Waals surface area contributed by atoms with Gasteiger partial charge in [-0.3, -0.25) is 4.68 Å². The summed E-state index contributed by atoms with van der Waals surface area (Å²) < 4.78 is 31.3. The molecule has 0 aliphatic rings. The second-order valence-electron chi connectivity index (χ2n) is 5.55. The molecule has 0 fully saturated rings. The molecule has 0 unspecified atom stereocenters. The van der Waals surface area contributed by atoms with E-state index < -0.39 is 10.0 Å². The number of nitrogens with zero attached hydrogens (tertiary/aromatic N) is 3. The Bertz CT molecular complexity index is 954. The Kier molecular flexibility index (Phi) is 3.99. The summed E-state index contributed by atoms with van der Waals surface area (Å²) in [5.74, 6) is 0. The average molecular weight is 332 g/mol. The Balaban J connectivity index is 1.82. The third kappa shape index (κ3) is 2.89. The predicted octanol–water partition coefficient (Wildman–Crippen LogP) is 2.18. The molecule has 6 nitrogen and oxygen atoms in total.